The number of aliphatic hydroxyl groups excluding tert-OH is 2. The van der Waals surface area contributed by atoms with Crippen molar-refractivity contribution in [3.05, 3.63) is 59.1 Å². The molecule has 0 aromatic heterocycles. The lowest BCUT2D eigenvalue weighted by Crippen LogP contribution is -2.35. The number of aliphatic hydroxyl groups is 2. The molecule has 0 aliphatic carbocycles. The van der Waals surface area contributed by atoms with Gasteiger partial charge in [-0.05, 0) is 48.4 Å². The number of benzene rings is 2. The molecule has 0 bridgehead atoms. The van der Waals surface area contributed by atoms with E-state index in [1.165, 1.54) is 48.2 Å². The van der Waals surface area contributed by atoms with Crippen LogP contribution >= 0.6 is 23.4 Å². The van der Waals surface area contributed by atoms with Gasteiger partial charge in [-0.15, -0.1) is 11.8 Å². The second kappa shape index (κ2) is 8.90. The standard InChI is InChI=1S/C18H19ClN2O6S2/c19-12-3-7-14(8-4-12)29(26,27)21(10-16(22)23)13-5-1-11(2-6-13)9-15-17(24)20-18(25)28-15/h1-8,15,17-18,20,24-25H,9-10H2,(H,22,23). The van der Waals surface area contributed by atoms with E-state index in [9.17, 15) is 28.5 Å². The van der Waals surface area contributed by atoms with Gasteiger partial charge in [0.15, 0.2) is 5.56 Å². The van der Waals surface area contributed by atoms with Crippen molar-refractivity contribution in [3.8, 4) is 0 Å². The molecule has 2 aromatic rings. The van der Waals surface area contributed by atoms with Crippen molar-refractivity contribution in [2.45, 2.75) is 28.4 Å². The summed E-state index contributed by atoms with van der Waals surface area (Å²) in [5.41, 5.74) is 0.161. The Labute approximate surface area is 177 Å². The third-order valence-electron chi connectivity index (χ3n) is 4.31. The van der Waals surface area contributed by atoms with Crippen LogP contribution in [-0.4, -0.2) is 53.3 Å². The molecule has 156 valence electrons. The summed E-state index contributed by atoms with van der Waals surface area (Å²) >= 11 is 7.00. The van der Waals surface area contributed by atoms with Gasteiger partial charge in [-0.2, -0.15) is 0 Å². The maximum absolute atomic E-state index is 13.0. The van der Waals surface area contributed by atoms with Crippen molar-refractivity contribution in [1.29, 1.82) is 0 Å². The lowest BCUT2D eigenvalue weighted by atomic mass is 10.1. The van der Waals surface area contributed by atoms with Crippen LogP contribution in [0.3, 0.4) is 0 Å². The molecule has 1 saturated heterocycles. The fraction of sp³-hybridized carbons (Fsp3) is 0.278. The second-order valence-corrected chi connectivity index (χ2v) is 9.99. The van der Waals surface area contributed by atoms with Crippen LogP contribution in [0.1, 0.15) is 5.56 Å². The maximum Gasteiger partial charge on any atom is 0.324 e. The Bertz CT molecular complexity index is 969. The molecule has 4 N–H and O–H groups in total. The summed E-state index contributed by atoms with van der Waals surface area (Å²) in [6, 6.07) is 11.8. The van der Waals surface area contributed by atoms with E-state index >= 15 is 0 Å². The van der Waals surface area contributed by atoms with Gasteiger partial charge < -0.3 is 15.3 Å². The van der Waals surface area contributed by atoms with Crippen LogP contribution < -0.4 is 9.62 Å². The molecule has 2 aromatic carbocycles. The van der Waals surface area contributed by atoms with Crippen molar-refractivity contribution in [2.75, 3.05) is 10.8 Å². The lowest BCUT2D eigenvalue weighted by Gasteiger charge is -2.23. The van der Waals surface area contributed by atoms with Crippen LogP contribution in [-0.2, 0) is 21.2 Å². The summed E-state index contributed by atoms with van der Waals surface area (Å²) in [4.78, 5) is 11.2. The Morgan fingerprint density at radius 3 is 2.24 bits per heavy atom. The first kappa shape index (κ1) is 21.9. The molecular weight excluding hydrogens is 440 g/mol. The number of carboxylic acids is 1. The molecule has 3 atom stereocenters. The normalized spacial score (nSPS) is 21.8. The van der Waals surface area contributed by atoms with E-state index in [1.807, 2.05) is 0 Å². The summed E-state index contributed by atoms with van der Waals surface area (Å²) in [5, 5.41) is 31.3. The zero-order chi connectivity index (χ0) is 21.2. The molecule has 3 rings (SSSR count). The van der Waals surface area contributed by atoms with E-state index in [0.717, 1.165) is 9.87 Å². The number of rotatable bonds is 7. The third-order valence-corrected chi connectivity index (χ3v) is 7.52. The zero-order valence-corrected chi connectivity index (χ0v) is 17.4. The van der Waals surface area contributed by atoms with E-state index < -0.39 is 34.3 Å². The van der Waals surface area contributed by atoms with Gasteiger partial charge in [0.1, 0.15) is 12.8 Å². The Kier molecular flexibility index (Phi) is 6.72. The lowest BCUT2D eigenvalue weighted by molar-refractivity contribution is -0.135. The van der Waals surface area contributed by atoms with E-state index in [2.05, 4.69) is 5.32 Å². The third kappa shape index (κ3) is 5.21. The summed E-state index contributed by atoms with van der Waals surface area (Å²) in [6.07, 6.45) is -0.414. The summed E-state index contributed by atoms with van der Waals surface area (Å²) in [6.45, 7) is -0.738. The molecule has 8 nitrogen and oxygen atoms in total. The van der Waals surface area contributed by atoms with E-state index in [4.69, 9.17) is 11.6 Å². The molecule has 1 aliphatic heterocycles. The number of anilines is 1. The van der Waals surface area contributed by atoms with Crippen molar-refractivity contribution in [1.82, 2.24) is 5.32 Å². The number of aliphatic carboxylic acids is 1. The van der Waals surface area contributed by atoms with E-state index in [0.29, 0.717) is 11.4 Å². The van der Waals surface area contributed by atoms with Crippen molar-refractivity contribution >= 4 is 45.0 Å². The minimum Gasteiger partial charge on any atom is -0.480 e. The summed E-state index contributed by atoms with van der Waals surface area (Å²) < 4.78 is 26.8. The van der Waals surface area contributed by atoms with Gasteiger partial charge in [0.25, 0.3) is 10.0 Å². The topological polar surface area (TPSA) is 127 Å². The van der Waals surface area contributed by atoms with Gasteiger partial charge in [0.05, 0.1) is 15.8 Å². The van der Waals surface area contributed by atoms with Crippen LogP contribution in [0.2, 0.25) is 5.02 Å². The molecule has 0 spiro atoms. The van der Waals surface area contributed by atoms with Gasteiger partial charge in [-0.1, -0.05) is 23.7 Å². The van der Waals surface area contributed by atoms with Crippen LogP contribution in [0.4, 0.5) is 5.69 Å². The monoisotopic (exact) mass is 458 g/mol. The molecule has 1 fully saturated rings. The van der Waals surface area contributed by atoms with Gasteiger partial charge in [-0.25, -0.2) is 8.42 Å². The first-order chi connectivity index (χ1) is 13.7. The van der Waals surface area contributed by atoms with Gasteiger partial charge in [0.2, 0.25) is 0 Å². The average Bonchev–Trinajstić information content (AvgIpc) is 2.97. The predicted molar refractivity (Wildman–Crippen MR) is 110 cm³/mol. The number of hydrogen-bond acceptors (Lipinski definition) is 7. The number of nitrogens with zero attached hydrogens (tertiary/aromatic N) is 1. The van der Waals surface area contributed by atoms with Crippen LogP contribution in [0.25, 0.3) is 0 Å². The highest BCUT2D eigenvalue weighted by Gasteiger charge is 2.32. The highest BCUT2D eigenvalue weighted by Crippen LogP contribution is 2.29. The number of halogens is 1. The molecule has 3 unspecified atom stereocenters. The molecule has 0 saturated carbocycles. The summed E-state index contributed by atoms with van der Waals surface area (Å²) in [5.74, 6) is -1.29. The number of hydrogen-bond donors (Lipinski definition) is 4. The average molecular weight is 459 g/mol. The minimum atomic E-state index is -4.11. The van der Waals surface area contributed by atoms with Gasteiger partial charge in [-0.3, -0.25) is 14.4 Å². The number of carbonyl (C=O) groups is 1. The Morgan fingerprint density at radius 1 is 1.10 bits per heavy atom. The number of nitrogens with one attached hydrogen (secondary N) is 1. The number of thioether (sulfide) groups is 1. The van der Waals surface area contributed by atoms with E-state index in [1.54, 1.807) is 12.1 Å². The van der Waals surface area contributed by atoms with Gasteiger partial charge >= 0.3 is 5.97 Å². The maximum atomic E-state index is 13.0. The highest BCUT2D eigenvalue weighted by atomic mass is 35.5. The highest BCUT2D eigenvalue weighted by molar-refractivity contribution is 8.00. The Morgan fingerprint density at radius 2 is 1.72 bits per heavy atom. The SMILES string of the molecule is O=C(O)CN(c1ccc(CC2SC(O)NC2O)cc1)S(=O)(=O)c1ccc(Cl)cc1. The fourth-order valence-electron chi connectivity index (χ4n) is 2.89. The van der Waals surface area contributed by atoms with Crippen LogP contribution in [0.5, 0.6) is 0 Å². The largest absolute Gasteiger partial charge is 0.480 e. The predicted octanol–water partition coefficient (Wildman–Crippen LogP) is 1.46. The molecule has 0 radical (unpaired) electrons. The fourth-order valence-corrected chi connectivity index (χ4v) is 5.50. The smallest absolute Gasteiger partial charge is 0.324 e. The molecule has 1 aliphatic rings. The number of carboxylic acid groups (broad SMARTS) is 1. The number of sulfonamides is 1. The van der Waals surface area contributed by atoms with Crippen LogP contribution in [0.15, 0.2) is 53.4 Å². The molecule has 0 amide bonds. The quantitative estimate of drug-likeness (QED) is 0.491. The molecule has 29 heavy (non-hydrogen) atoms. The van der Waals surface area contributed by atoms with Crippen molar-refractivity contribution in [2.24, 2.45) is 0 Å². The van der Waals surface area contributed by atoms with Crippen molar-refractivity contribution < 1.29 is 28.5 Å². The molecule has 11 heteroatoms. The van der Waals surface area contributed by atoms with Crippen LogP contribution in [0, 0.1) is 0 Å². The second-order valence-electron chi connectivity index (χ2n) is 6.37. The van der Waals surface area contributed by atoms with Gasteiger partial charge in [0, 0.05) is 5.02 Å². The minimum absolute atomic E-state index is 0.0715. The summed E-state index contributed by atoms with van der Waals surface area (Å²) in [7, 11) is -4.11. The zero-order valence-electron chi connectivity index (χ0n) is 15.0. The van der Waals surface area contributed by atoms with Crippen molar-refractivity contribution in [3.63, 3.8) is 0 Å². The Hall–Kier alpha value is -1.82. The Balaban J connectivity index is 1.85. The molecular formula is C18H19ClN2O6S2. The van der Waals surface area contributed by atoms with E-state index in [-0.39, 0.29) is 15.8 Å². The first-order valence-electron chi connectivity index (χ1n) is 8.53. The molecule has 1 heterocycles. The first-order valence-corrected chi connectivity index (χ1v) is 11.3.